The SMILES string of the molecule is CCCC1CCC(C(=O)Oc2ccc(OC(F)(F)C(F)F)cc2)CC1. The Morgan fingerprint density at radius 1 is 1.12 bits per heavy atom. The summed E-state index contributed by atoms with van der Waals surface area (Å²) in [6, 6.07) is 4.63. The van der Waals surface area contributed by atoms with E-state index in [-0.39, 0.29) is 17.6 Å². The summed E-state index contributed by atoms with van der Waals surface area (Å²) in [6.07, 6.45) is -2.60. The van der Waals surface area contributed by atoms with Gasteiger partial charge in [-0.3, -0.25) is 4.79 Å². The number of hydrogen-bond donors (Lipinski definition) is 0. The van der Waals surface area contributed by atoms with Gasteiger partial charge in [-0.2, -0.15) is 17.6 Å². The quantitative estimate of drug-likeness (QED) is 0.368. The number of benzene rings is 1. The van der Waals surface area contributed by atoms with E-state index >= 15 is 0 Å². The Morgan fingerprint density at radius 2 is 1.68 bits per heavy atom. The molecule has 1 fully saturated rings. The average Bonchev–Trinajstić information content (AvgIpc) is 2.57. The van der Waals surface area contributed by atoms with Crippen LogP contribution in [-0.2, 0) is 4.79 Å². The van der Waals surface area contributed by atoms with E-state index in [9.17, 15) is 22.4 Å². The first-order valence-electron chi connectivity index (χ1n) is 8.48. The summed E-state index contributed by atoms with van der Waals surface area (Å²) in [6.45, 7) is 2.14. The molecule has 0 atom stereocenters. The topological polar surface area (TPSA) is 35.5 Å². The summed E-state index contributed by atoms with van der Waals surface area (Å²) in [5, 5.41) is 0. The molecule has 0 bridgehead atoms. The highest BCUT2D eigenvalue weighted by Crippen LogP contribution is 2.33. The van der Waals surface area contributed by atoms with Gasteiger partial charge in [-0.1, -0.05) is 19.8 Å². The summed E-state index contributed by atoms with van der Waals surface area (Å²) >= 11 is 0. The van der Waals surface area contributed by atoms with Gasteiger partial charge in [0.1, 0.15) is 11.5 Å². The molecule has 1 aliphatic carbocycles. The Kier molecular flexibility index (Phi) is 6.67. The van der Waals surface area contributed by atoms with Gasteiger partial charge in [-0.05, 0) is 55.9 Å². The average molecular weight is 362 g/mol. The molecule has 0 unspecified atom stereocenters. The first-order chi connectivity index (χ1) is 11.8. The lowest BCUT2D eigenvalue weighted by Crippen LogP contribution is -2.33. The molecule has 7 heteroatoms. The molecule has 1 saturated carbocycles. The van der Waals surface area contributed by atoms with Crippen LogP contribution in [0.15, 0.2) is 24.3 Å². The highest BCUT2D eigenvalue weighted by molar-refractivity contribution is 5.75. The maximum atomic E-state index is 12.8. The number of hydrogen-bond acceptors (Lipinski definition) is 3. The first kappa shape index (κ1) is 19.5. The van der Waals surface area contributed by atoms with Crippen molar-refractivity contribution in [2.24, 2.45) is 11.8 Å². The molecule has 140 valence electrons. The lowest BCUT2D eigenvalue weighted by atomic mass is 9.80. The molecule has 0 aliphatic heterocycles. The van der Waals surface area contributed by atoms with Crippen LogP contribution in [0.25, 0.3) is 0 Å². The van der Waals surface area contributed by atoms with Crippen LogP contribution >= 0.6 is 0 Å². The third-order valence-electron chi connectivity index (χ3n) is 4.43. The van der Waals surface area contributed by atoms with E-state index < -0.39 is 18.3 Å². The maximum Gasteiger partial charge on any atom is 0.461 e. The molecule has 1 aromatic rings. The molecular weight excluding hydrogens is 340 g/mol. The molecule has 0 heterocycles. The van der Waals surface area contributed by atoms with Crippen molar-refractivity contribution in [3.63, 3.8) is 0 Å². The van der Waals surface area contributed by atoms with Crippen molar-refractivity contribution in [3.8, 4) is 11.5 Å². The van der Waals surface area contributed by atoms with Crippen molar-refractivity contribution in [1.29, 1.82) is 0 Å². The highest BCUT2D eigenvalue weighted by atomic mass is 19.3. The van der Waals surface area contributed by atoms with E-state index in [0.717, 1.165) is 44.2 Å². The fourth-order valence-electron chi connectivity index (χ4n) is 3.07. The van der Waals surface area contributed by atoms with E-state index in [4.69, 9.17) is 4.74 Å². The Hall–Kier alpha value is -1.79. The van der Waals surface area contributed by atoms with Gasteiger partial charge >= 0.3 is 18.5 Å². The molecular formula is C18H22F4O3. The highest BCUT2D eigenvalue weighted by Gasteiger charge is 2.43. The summed E-state index contributed by atoms with van der Waals surface area (Å²) in [5.74, 6) is -0.0886. The van der Waals surface area contributed by atoms with E-state index in [0.29, 0.717) is 5.92 Å². The van der Waals surface area contributed by atoms with Crippen LogP contribution in [0.1, 0.15) is 45.4 Å². The maximum absolute atomic E-state index is 12.8. The van der Waals surface area contributed by atoms with Crippen molar-refractivity contribution in [2.75, 3.05) is 0 Å². The van der Waals surface area contributed by atoms with Crippen LogP contribution in [0, 0.1) is 11.8 Å². The third kappa shape index (κ3) is 5.61. The normalized spacial score (nSPS) is 21.2. The van der Waals surface area contributed by atoms with Gasteiger partial charge < -0.3 is 9.47 Å². The van der Waals surface area contributed by atoms with Crippen molar-refractivity contribution in [2.45, 2.75) is 58.0 Å². The first-order valence-corrected chi connectivity index (χ1v) is 8.48. The largest absolute Gasteiger partial charge is 0.461 e. The van der Waals surface area contributed by atoms with Crippen LogP contribution in [0.3, 0.4) is 0 Å². The molecule has 0 spiro atoms. The number of carbonyl (C=O) groups is 1. The van der Waals surface area contributed by atoms with Gasteiger partial charge in [0.25, 0.3) is 0 Å². The predicted octanol–water partition coefficient (Wildman–Crippen LogP) is 5.44. The Bertz CT molecular complexity index is 552. The number of carbonyl (C=O) groups excluding carboxylic acids is 1. The fraction of sp³-hybridized carbons (Fsp3) is 0.611. The van der Waals surface area contributed by atoms with Gasteiger partial charge in [-0.25, -0.2) is 0 Å². The molecule has 0 N–H and O–H groups in total. The molecule has 3 nitrogen and oxygen atoms in total. The summed E-state index contributed by atoms with van der Waals surface area (Å²) in [7, 11) is 0. The van der Waals surface area contributed by atoms with Crippen molar-refractivity contribution in [3.05, 3.63) is 24.3 Å². The number of esters is 1. The fourth-order valence-corrected chi connectivity index (χ4v) is 3.07. The zero-order chi connectivity index (χ0) is 18.4. The van der Waals surface area contributed by atoms with Crippen LogP contribution < -0.4 is 9.47 Å². The summed E-state index contributed by atoms with van der Waals surface area (Å²) < 4.78 is 59.0. The van der Waals surface area contributed by atoms with Crippen molar-refractivity contribution in [1.82, 2.24) is 0 Å². The van der Waals surface area contributed by atoms with E-state index in [1.807, 2.05) is 0 Å². The monoisotopic (exact) mass is 362 g/mol. The lowest BCUT2D eigenvalue weighted by molar-refractivity contribution is -0.253. The molecule has 0 saturated heterocycles. The van der Waals surface area contributed by atoms with Crippen LogP contribution in [0.4, 0.5) is 17.6 Å². The third-order valence-corrected chi connectivity index (χ3v) is 4.43. The molecule has 2 rings (SSSR count). The second-order valence-corrected chi connectivity index (χ2v) is 6.36. The summed E-state index contributed by atoms with van der Waals surface area (Å²) in [4.78, 5) is 12.2. The Morgan fingerprint density at radius 3 is 2.20 bits per heavy atom. The van der Waals surface area contributed by atoms with Gasteiger partial charge in [0.2, 0.25) is 0 Å². The minimum Gasteiger partial charge on any atom is -0.428 e. The number of alkyl halides is 4. The van der Waals surface area contributed by atoms with Gasteiger partial charge in [0.05, 0.1) is 5.92 Å². The lowest BCUT2D eigenvalue weighted by Gasteiger charge is -2.26. The zero-order valence-corrected chi connectivity index (χ0v) is 14.0. The van der Waals surface area contributed by atoms with Crippen LogP contribution in [-0.4, -0.2) is 18.5 Å². The number of halogens is 4. The van der Waals surface area contributed by atoms with E-state index in [1.165, 1.54) is 18.6 Å². The predicted molar refractivity (Wildman–Crippen MR) is 84.0 cm³/mol. The van der Waals surface area contributed by atoms with Gasteiger partial charge in [0, 0.05) is 0 Å². The molecule has 25 heavy (non-hydrogen) atoms. The summed E-state index contributed by atoms with van der Waals surface area (Å²) in [5.41, 5.74) is 0. The minimum absolute atomic E-state index is 0.160. The Balaban J connectivity index is 1.86. The van der Waals surface area contributed by atoms with Gasteiger partial charge in [-0.15, -0.1) is 0 Å². The molecule has 1 aromatic carbocycles. The zero-order valence-electron chi connectivity index (χ0n) is 14.0. The van der Waals surface area contributed by atoms with Crippen LogP contribution in [0.2, 0.25) is 0 Å². The number of rotatable bonds is 7. The second-order valence-electron chi connectivity index (χ2n) is 6.36. The van der Waals surface area contributed by atoms with E-state index in [1.54, 1.807) is 0 Å². The molecule has 0 radical (unpaired) electrons. The van der Waals surface area contributed by atoms with Crippen LogP contribution in [0.5, 0.6) is 11.5 Å². The standard InChI is InChI=1S/C18H22F4O3/c1-2-3-12-4-6-13(7-5-12)16(23)24-14-8-10-15(11-9-14)25-18(21,22)17(19)20/h8-13,17H,2-7H2,1H3. The Labute approximate surface area is 144 Å². The minimum atomic E-state index is -4.56. The van der Waals surface area contributed by atoms with E-state index in [2.05, 4.69) is 11.7 Å². The van der Waals surface area contributed by atoms with Crippen molar-refractivity contribution >= 4 is 5.97 Å². The smallest absolute Gasteiger partial charge is 0.428 e. The van der Waals surface area contributed by atoms with Crippen molar-refractivity contribution < 1.29 is 31.8 Å². The number of ether oxygens (including phenoxy) is 2. The molecule has 0 amide bonds. The second kappa shape index (κ2) is 8.54. The molecule has 0 aromatic heterocycles. The van der Waals surface area contributed by atoms with Gasteiger partial charge in [0.15, 0.2) is 0 Å². The molecule has 1 aliphatic rings.